The Hall–Kier alpha value is -0.790. The van der Waals surface area contributed by atoms with Crippen molar-refractivity contribution in [3.8, 4) is 0 Å². The Kier molecular flexibility index (Phi) is 5.06. The second-order valence-corrected chi connectivity index (χ2v) is 6.11. The van der Waals surface area contributed by atoms with Gasteiger partial charge in [0.15, 0.2) is 0 Å². The Morgan fingerprint density at radius 1 is 1.20 bits per heavy atom. The third-order valence-corrected chi connectivity index (χ3v) is 1.93. The lowest BCUT2D eigenvalue weighted by molar-refractivity contribution is 0.168. The standard InChI is InChI=1S/C13H25NO/c1-8-9-15-14-11(13(5,6)7)10-12(2,3)4/h8H,1,9-10H2,2-7H3/b14-11-. The molecule has 0 radical (unpaired) electrons. The van der Waals surface area contributed by atoms with Crippen LogP contribution in [0.1, 0.15) is 48.0 Å². The van der Waals surface area contributed by atoms with E-state index in [1.54, 1.807) is 6.08 Å². The maximum Gasteiger partial charge on any atom is 0.135 e. The Morgan fingerprint density at radius 3 is 2.07 bits per heavy atom. The van der Waals surface area contributed by atoms with Crippen molar-refractivity contribution in [1.29, 1.82) is 0 Å². The molecular weight excluding hydrogens is 186 g/mol. The van der Waals surface area contributed by atoms with E-state index < -0.39 is 0 Å². The molecule has 88 valence electrons. The molecule has 2 nitrogen and oxygen atoms in total. The molecule has 0 aromatic carbocycles. The summed E-state index contributed by atoms with van der Waals surface area (Å²) in [6.45, 7) is 17.2. The van der Waals surface area contributed by atoms with Gasteiger partial charge in [-0.3, -0.25) is 0 Å². The van der Waals surface area contributed by atoms with Crippen molar-refractivity contribution in [2.24, 2.45) is 16.0 Å². The molecule has 0 aromatic rings. The minimum atomic E-state index is 0.0639. The summed E-state index contributed by atoms with van der Waals surface area (Å²) in [5.74, 6) is 0. The fourth-order valence-corrected chi connectivity index (χ4v) is 1.10. The maximum atomic E-state index is 5.19. The molecule has 0 unspecified atom stereocenters. The Bertz CT molecular complexity index is 228. The molecule has 0 aliphatic rings. The second kappa shape index (κ2) is 5.34. The molecule has 0 spiro atoms. The lowest BCUT2D eigenvalue weighted by atomic mass is 9.79. The van der Waals surface area contributed by atoms with E-state index in [0.717, 1.165) is 12.1 Å². The van der Waals surface area contributed by atoms with Crippen molar-refractivity contribution in [3.63, 3.8) is 0 Å². The molecular formula is C13H25NO. The van der Waals surface area contributed by atoms with Gasteiger partial charge in [-0.25, -0.2) is 0 Å². The molecule has 0 heterocycles. The number of oxime groups is 1. The Balaban J connectivity index is 4.60. The average Bonchev–Trinajstić information content (AvgIpc) is 1.99. The number of rotatable bonds is 4. The van der Waals surface area contributed by atoms with E-state index in [-0.39, 0.29) is 10.8 Å². The SMILES string of the molecule is C=CCO/N=C(/CC(C)(C)C)C(C)(C)C. The monoisotopic (exact) mass is 211 g/mol. The lowest BCUT2D eigenvalue weighted by Crippen LogP contribution is -2.26. The van der Waals surface area contributed by atoms with Gasteiger partial charge >= 0.3 is 0 Å². The van der Waals surface area contributed by atoms with Crippen LogP contribution in [0, 0.1) is 10.8 Å². The predicted octanol–water partition coefficient (Wildman–Crippen LogP) is 4.03. The van der Waals surface area contributed by atoms with Gasteiger partial charge < -0.3 is 4.84 Å². The molecule has 0 amide bonds. The first-order valence-corrected chi connectivity index (χ1v) is 5.47. The van der Waals surface area contributed by atoms with Crippen LogP contribution in [-0.2, 0) is 4.84 Å². The van der Waals surface area contributed by atoms with Gasteiger partial charge in [0, 0.05) is 5.41 Å². The van der Waals surface area contributed by atoms with Crippen LogP contribution in [0.3, 0.4) is 0 Å². The molecule has 0 saturated carbocycles. The summed E-state index contributed by atoms with van der Waals surface area (Å²) in [6, 6.07) is 0. The lowest BCUT2D eigenvalue weighted by Gasteiger charge is -2.27. The molecule has 0 fully saturated rings. The molecule has 2 heteroatoms. The van der Waals surface area contributed by atoms with E-state index in [0.29, 0.717) is 6.61 Å². The first-order chi connectivity index (χ1) is 6.67. The summed E-state index contributed by atoms with van der Waals surface area (Å²) >= 11 is 0. The maximum absolute atomic E-state index is 5.19. The minimum absolute atomic E-state index is 0.0639. The van der Waals surface area contributed by atoms with Crippen LogP contribution in [-0.4, -0.2) is 12.3 Å². The van der Waals surface area contributed by atoms with Gasteiger partial charge in [0.25, 0.3) is 0 Å². The highest BCUT2D eigenvalue weighted by atomic mass is 16.6. The van der Waals surface area contributed by atoms with Crippen LogP contribution in [0.15, 0.2) is 17.8 Å². The van der Waals surface area contributed by atoms with E-state index >= 15 is 0 Å². The highest BCUT2D eigenvalue weighted by Gasteiger charge is 2.25. The topological polar surface area (TPSA) is 21.6 Å². The molecule has 0 saturated heterocycles. The first-order valence-electron chi connectivity index (χ1n) is 5.47. The highest BCUT2D eigenvalue weighted by molar-refractivity contribution is 5.89. The van der Waals surface area contributed by atoms with Crippen LogP contribution in [0.5, 0.6) is 0 Å². The molecule has 0 N–H and O–H groups in total. The van der Waals surface area contributed by atoms with E-state index in [2.05, 4.69) is 53.3 Å². The number of hydrogen-bond acceptors (Lipinski definition) is 2. The van der Waals surface area contributed by atoms with Gasteiger partial charge in [-0.05, 0) is 11.8 Å². The molecule has 0 aliphatic carbocycles. The summed E-state index contributed by atoms with van der Waals surface area (Å²) in [5, 5.41) is 4.22. The van der Waals surface area contributed by atoms with Crippen molar-refractivity contribution >= 4 is 5.71 Å². The number of nitrogens with zero attached hydrogens (tertiary/aromatic N) is 1. The summed E-state index contributed by atoms with van der Waals surface area (Å²) in [4.78, 5) is 5.19. The smallest absolute Gasteiger partial charge is 0.135 e. The number of hydrogen-bond donors (Lipinski definition) is 0. The Labute approximate surface area is 94.4 Å². The van der Waals surface area contributed by atoms with E-state index in [1.807, 2.05) is 0 Å². The van der Waals surface area contributed by atoms with Gasteiger partial charge in [-0.15, -0.1) is 0 Å². The normalized spacial score (nSPS) is 13.9. The van der Waals surface area contributed by atoms with Crippen molar-refractivity contribution in [3.05, 3.63) is 12.7 Å². The largest absolute Gasteiger partial charge is 0.392 e. The van der Waals surface area contributed by atoms with E-state index in [9.17, 15) is 0 Å². The molecule has 0 aliphatic heterocycles. The van der Waals surface area contributed by atoms with Gasteiger partial charge in [0.2, 0.25) is 0 Å². The Morgan fingerprint density at radius 2 is 1.73 bits per heavy atom. The zero-order valence-electron chi connectivity index (χ0n) is 11.1. The van der Waals surface area contributed by atoms with Crippen LogP contribution < -0.4 is 0 Å². The third-order valence-electron chi connectivity index (χ3n) is 1.93. The van der Waals surface area contributed by atoms with Crippen molar-refractivity contribution in [2.75, 3.05) is 6.61 Å². The fraction of sp³-hybridized carbons (Fsp3) is 0.769. The molecule has 15 heavy (non-hydrogen) atoms. The van der Waals surface area contributed by atoms with Crippen molar-refractivity contribution in [1.82, 2.24) is 0 Å². The van der Waals surface area contributed by atoms with Gasteiger partial charge in [0.05, 0.1) is 5.71 Å². The third kappa shape index (κ3) is 7.18. The predicted molar refractivity (Wildman–Crippen MR) is 67.1 cm³/mol. The van der Waals surface area contributed by atoms with E-state index in [1.165, 1.54) is 0 Å². The average molecular weight is 211 g/mol. The van der Waals surface area contributed by atoms with Crippen LogP contribution >= 0.6 is 0 Å². The van der Waals surface area contributed by atoms with Crippen LogP contribution in [0.25, 0.3) is 0 Å². The van der Waals surface area contributed by atoms with Gasteiger partial charge in [0.1, 0.15) is 6.61 Å². The zero-order chi connectivity index (χ0) is 12.1. The van der Waals surface area contributed by atoms with Gasteiger partial charge in [-0.1, -0.05) is 59.4 Å². The zero-order valence-corrected chi connectivity index (χ0v) is 11.1. The second-order valence-electron chi connectivity index (χ2n) is 6.11. The molecule has 0 atom stereocenters. The molecule has 0 rings (SSSR count). The minimum Gasteiger partial charge on any atom is -0.392 e. The highest BCUT2D eigenvalue weighted by Crippen LogP contribution is 2.27. The molecule has 0 aromatic heterocycles. The van der Waals surface area contributed by atoms with Gasteiger partial charge in [-0.2, -0.15) is 0 Å². The van der Waals surface area contributed by atoms with Crippen molar-refractivity contribution in [2.45, 2.75) is 48.0 Å². The summed E-state index contributed by atoms with van der Waals surface area (Å²) < 4.78 is 0. The first kappa shape index (κ1) is 14.2. The van der Waals surface area contributed by atoms with Crippen molar-refractivity contribution < 1.29 is 4.84 Å². The van der Waals surface area contributed by atoms with Crippen LogP contribution in [0.4, 0.5) is 0 Å². The molecule has 0 bridgehead atoms. The quantitative estimate of drug-likeness (QED) is 0.298. The summed E-state index contributed by atoms with van der Waals surface area (Å²) in [5.41, 5.74) is 1.41. The summed E-state index contributed by atoms with van der Waals surface area (Å²) in [6.07, 6.45) is 2.66. The van der Waals surface area contributed by atoms with E-state index in [4.69, 9.17) is 4.84 Å². The summed E-state index contributed by atoms with van der Waals surface area (Å²) in [7, 11) is 0. The van der Waals surface area contributed by atoms with Crippen LogP contribution in [0.2, 0.25) is 0 Å². The fourth-order valence-electron chi connectivity index (χ4n) is 1.10.